The van der Waals surface area contributed by atoms with Gasteiger partial charge in [-0.3, -0.25) is 4.79 Å². The molecule has 0 bridgehead atoms. The van der Waals surface area contributed by atoms with Crippen LogP contribution in [0.25, 0.3) is 0 Å². The number of hydrogen-bond acceptors (Lipinski definition) is 3. The first-order valence-electron chi connectivity index (χ1n) is 8.09. The summed E-state index contributed by atoms with van der Waals surface area (Å²) in [5, 5.41) is 6.31. The second-order valence-corrected chi connectivity index (χ2v) is 7.11. The molecule has 24 heavy (non-hydrogen) atoms. The van der Waals surface area contributed by atoms with Crippen molar-refractivity contribution in [3.05, 3.63) is 63.1 Å². The van der Waals surface area contributed by atoms with Gasteiger partial charge in [0.2, 0.25) is 0 Å². The van der Waals surface area contributed by atoms with Crippen LogP contribution in [0.1, 0.15) is 40.9 Å². The number of carbonyl (C=O) groups is 1. The van der Waals surface area contributed by atoms with Gasteiger partial charge in [0.15, 0.2) is 0 Å². The number of ether oxygens (including phenoxy) is 1. The van der Waals surface area contributed by atoms with E-state index in [1.165, 1.54) is 11.1 Å². The Balaban J connectivity index is 1.71. The van der Waals surface area contributed by atoms with Crippen LogP contribution in [0, 0.1) is 0 Å². The molecular formula is C19H21BrN2O2. The van der Waals surface area contributed by atoms with Gasteiger partial charge in [-0.1, -0.05) is 34.1 Å². The fourth-order valence-corrected chi connectivity index (χ4v) is 3.11. The summed E-state index contributed by atoms with van der Waals surface area (Å²) in [4.78, 5) is 12.5. The van der Waals surface area contributed by atoms with Crippen LogP contribution in [0.3, 0.4) is 0 Å². The highest BCUT2D eigenvalue weighted by atomic mass is 79.9. The quantitative estimate of drug-likeness (QED) is 0.819. The number of amides is 1. The van der Waals surface area contributed by atoms with Crippen LogP contribution in [-0.4, -0.2) is 12.0 Å². The number of benzene rings is 2. The van der Waals surface area contributed by atoms with Crippen molar-refractivity contribution in [2.24, 2.45) is 0 Å². The van der Waals surface area contributed by atoms with Crippen LogP contribution in [0.15, 0.2) is 40.9 Å². The maximum atomic E-state index is 12.5. The maximum Gasteiger partial charge on any atom is 0.255 e. The van der Waals surface area contributed by atoms with Gasteiger partial charge in [0.1, 0.15) is 5.75 Å². The molecule has 0 saturated carbocycles. The Kier molecular flexibility index (Phi) is 5.21. The molecule has 126 valence electrons. The first kappa shape index (κ1) is 17.0. The Hall–Kier alpha value is -1.85. The second kappa shape index (κ2) is 7.36. The zero-order valence-corrected chi connectivity index (χ0v) is 15.4. The highest BCUT2D eigenvalue weighted by Crippen LogP contribution is 2.25. The lowest BCUT2D eigenvalue weighted by molar-refractivity contribution is 0.0945. The lowest BCUT2D eigenvalue weighted by atomic mass is 10.1. The van der Waals surface area contributed by atoms with Crippen LogP contribution in [-0.2, 0) is 19.6 Å². The number of halogens is 1. The molecular weight excluding hydrogens is 368 g/mol. The van der Waals surface area contributed by atoms with E-state index in [1.807, 2.05) is 26.0 Å². The number of carbonyl (C=O) groups excluding carboxylic acids is 1. The molecule has 4 nitrogen and oxygen atoms in total. The molecule has 1 aliphatic rings. The number of rotatable bonds is 5. The van der Waals surface area contributed by atoms with Crippen molar-refractivity contribution in [3.63, 3.8) is 0 Å². The molecule has 2 aromatic carbocycles. The lowest BCUT2D eigenvalue weighted by Gasteiger charge is -2.15. The third-order valence-corrected chi connectivity index (χ3v) is 4.40. The first-order valence-corrected chi connectivity index (χ1v) is 8.88. The third-order valence-electron chi connectivity index (χ3n) is 3.91. The van der Waals surface area contributed by atoms with Crippen molar-refractivity contribution in [2.75, 3.05) is 0 Å². The van der Waals surface area contributed by atoms with Gasteiger partial charge in [0, 0.05) is 24.1 Å². The van der Waals surface area contributed by atoms with E-state index in [9.17, 15) is 4.79 Å². The fraction of sp³-hybridized carbons (Fsp3) is 0.316. The number of nitrogens with one attached hydrogen (secondary N) is 2. The zero-order chi connectivity index (χ0) is 17.1. The van der Waals surface area contributed by atoms with Crippen molar-refractivity contribution in [1.82, 2.24) is 10.6 Å². The Labute approximate surface area is 150 Å². The normalized spacial score (nSPS) is 13.0. The average Bonchev–Trinajstić information content (AvgIpc) is 2.99. The van der Waals surface area contributed by atoms with Gasteiger partial charge >= 0.3 is 0 Å². The Morgan fingerprint density at radius 3 is 2.79 bits per heavy atom. The molecule has 1 heterocycles. The van der Waals surface area contributed by atoms with Crippen molar-refractivity contribution < 1.29 is 9.53 Å². The van der Waals surface area contributed by atoms with E-state index in [2.05, 4.69) is 44.8 Å². The minimum Gasteiger partial charge on any atom is -0.490 e. The standard InChI is InChI=1S/C19H21BrN2O2/c1-12(2)24-18-8-16(20)5-6-17(18)19(23)22-9-13-3-4-14-10-21-11-15(14)7-13/h3-8,12,21H,9-11H2,1-2H3,(H,22,23). The Bertz CT molecular complexity index is 759. The second-order valence-electron chi connectivity index (χ2n) is 6.20. The van der Waals surface area contributed by atoms with Crippen molar-refractivity contribution in [1.29, 1.82) is 0 Å². The van der Waals surface area contributed by atoms with Crippen LogP contribution in [0.4, 0.5) is 0 Å². The van der Waals surface area contributed by atoms with Crippen molar-refractivity contribution in [3.8, 4) is 5.75 Å². The van der Waals surface area contributed by atoms with Gasteiger partial charge in [0.05, 0.1) is 11.7 Å². The predicted molar refractivity (Wildman–Crippen MR) is 98.1 cm³/mol. The summed E-state index contributed by atoms with van der Waals surface area (Å²) in [7, 11) is 0. The molecule has 2 N–H and O–H groups in total. The summed E-state index contributed by atoms with van der Waals surface area (Å²) in [5.41, 5.74) is 4.31. The van der Waals surface area contributed by atoms with Crippen LogP contribution >= 0.6 is 15.9 Å². The highest BCUT2D eigenvalue weighted by Gasteiger charge is 2.15. The minimum atomic E-state index is -0.128. The molecule has 0 aliphatic carbocycles. The van der Waals surface area contributed by atoms with Crippen LogP contribution < -0.4 is 15.4 Å². The predicted octanol–water partition coefficient (Wildman–Crippen LogP) is 3.77. The number of hydrogen-bond donors (Lipinski definition) is 2. The molecule has 0 atom stereocenters. The molecule has 5 heteroatoms. The van der Waals surface area contributed by atoms with Gasteiger partial charge in [-0.25, -0.2) is 0 Å². The average molecular weight is 389 g/mol. The van der Waals surface area contributed by atoms with E-state index < -0.39 is 0 Å². The Morgan fingerprint density at radius 1 is 1.21 bits per heavy atom. The van der Waals surface area contributed by atoms with Crippen molar-refractivity contribution >= 4 is 21.8 Å². The third kappa shape index (κ3) is 3.97. The van der Waals surface area contributed by atoms with Gasteiger partial charge in [-0.15, -0.1) is 0 Å². The molecule has 0 fully saturated rings. The van der Waals surface area contributed by atoms with Gasteiger partial charge in [0.25, 0.3) is 5.91 Å². The summed E-state index contributed by atoms with van der Waals surface area (Å²) < 4.78 is 6.65. The minimum absolute atomic E-state index is 0.00932. The molecule has 0 aromatic heterocycles. The summed E-state index contributed by atoms with van der Waals surface area (Å²) >= 11 is 3.42. The molecule has 1 amide bonds. The molecule has 0 radical (unpaired) electrons. The van der Waals surface area contributed by atoms with E-state index in [-0.39, 0.29) is 12.0 Å². The largest absolute Gasteiger partial charge is 0.490 e. The smallest absolute Gasteiger partial charge is 0.255 e. The summed E-state index contributed by atoms with van der Waals surface area (Å²) in [6.45, 7) is 6.22. The van der Waals surface area contributed by atoms with E-state index in [1.54, 1.807) is 6.07 Å². The SMILES string of the molecule is CC(C)Oc1cc(Br)ccc1C(=O)NCc1ccc2c(c1)CNC2. The summed E-state index contributed by atoms with van der Waals surface area (Å²) in [6, 6.07) is 11.8. The first-order chi connectivity index (χ1) is 11.5. The fourth-order valence-electron chi connectivity index (χ4n) is 2.77. The zero-order valence-electron chi connectivity index (χ0n) is 13.9. The van der Waals surface area contributed by atoms with E-state index in [4.69, 9.17) is 4.74 Å². The highest BCUT2D eigenvalue weighted by molar-refractivity contribution is 9.10. The van der Waals surface area contributed by atoms with E-state index in [0.29, 0.717) is 17.9 Å². The monoisotopic (exact) mass is 388 g/mol. The molecule has 3 rings (SSSR count). The summed E-state index contributed by atoms with van der Waals surface area (Å²) in [6.07, 6.45) is 0.00932. The molecule has 0 saturated heterocycles. The van der Waals surface area contributed by atoms with E-state index in [0.717, 1.165) is 23.1 Å². The van der Waals surface area contributed by atoms with Gasteiger partial charge in [-0.05, 0) is 48.7 Å². The molecule has 0 spiro atoms. The molecule has 0 unspecified atom stereocenters. The molecule has 2 aromatic rings. The van der Waals surface area contributed by atoms with Gasteiger partial charge in [-0.2, -0.15) is 0 Å². The number of fused-ring (bicyclic) bond motifs is 1. The summed E-state index contributed by atoms with van der Waals surface area (Å²) in [5.74, 6) is 0.465. The lowest BCUT2D eigenvalue weighted by Crippen LogP contribution is -2.24. The Morgan fingerprint density at radius 2 is 2.00 bits per heavy atom. The maximum absolute atomic E-state index is 12.5. The van der Waals surface area contributed by atoms with Crippen molar-refractivity contribution in [2.45, 2.75) is 39.6 Å². The topological polar surface area (TPSA) is 50.4 Å². The van der Waals surface area contributed by atoms with Crippen LogP contribution in [0.2, 0.25) is 0 Å². The molecule has 1 aliphatic heterocycles. The van der Waals surface area contributed by atoms with E-state index >= 15 is 0 Å². The van der Waals surface area contributed by atoms with Gasteiger partial charge < -0.3 is 15.4 Å². The van der Waals surface area contributed by atoms with Crippen LogP contribution in [0.5, 0.6) is 5.75 Å².